The summed E-state index contributed by atoms with van der Waals surface area (Å²) in [6.07, 6.45) is 3.50. The van der Waals surface area contributed by atoms with Gasteiger partial charge in [-0.05, 0) is 27.7 Å². The van der Waals surface area contributed by atoms with Crippen molar-refractivity contribution in [3.05, 3.63) is 25.3 Å². The maximum absolute atomic E-state index is 9.82. The minimum absolute atomic E-state index is 0.125. The highest BCUT2D eigenvalue weighted by atomic mass is 16.5. The van der Waals surface area contributed by atoms with E-state index in [-0.39, 0.29) is 25.8 Å². The second-order valence-electron chi connectivity index (χ2n) is 3.11. The maximum atomic E-state index is 9.82. The van der Waals surface area contributed by atoms with E-state index in [0.29, 0.717) is 19.8 Å². The van der Waals surface area contributed by atoms with Crippen LogP contribution in [0.25, 0.3) is 0 Å². The van der Waals surface area contributed by atoms with Crippen LogP contribution in [0, 0.1) is 0 Å². The van der Waals surface area contributed by atoms with Crippen molar-refractivity contribution in [3.8, 4) is 0 Å². The molecule has 0 aliphatic heterocycles. The number of hydrogen-bond acceptors (Lipinski definition) is 6. The molecule has 0 aliphatic rings. The molecule has 22 heavy (non-hydrogen) atoms. The predicted octanol–water partition coefficient (Wildman–Crippen LogP) is 1.94. The molecule has 0 aliphatic carbocycles. The van der Waals surface area contributed by atoms with Gasteiger partial charge >= 0.3 is 5.97 Å². The van der Waals surface area contributed by atoms with E-state index in [9.17, 15) is 4.79 Å². The van der Waals surface area contributed by atoms with Crippen molar-refractivity contribution in [3.63, 3.8) is 0 Å². The summed E-state index contributed by atoms with van der Waals surface area (Å²) in [6, 6.07) is 0. The summed E-state index contributed by atoms with van der Waals surface area (Å²) < 4.78 is 9.14. The molecular formula is C16H36O6. The molecular weight excluding hydrogens is 288 g/mol. The summed E-state index contributed by atoms with van der Waals surface area (Å²) in [7, 11) is 0. The van der Waals surface area contributed by atoms with Crippen molar-refractivity contribution >= 4 is 5.97 Å². The maximum Gasteiger partial charge on any atom is 0.302 e. The SMILES string of the molecule is C=CC.C=CC.CCOC(C)=O.CCOCCO.OCCO. The van der Waals surface area contributed by atoms with E-state index in [1.807, 2.05) is 20.8 Å². The highest BCUT2D eigenvalue weighted by Gasteiger charge is 1.81. The van der Waals surface area contributed by atoms with Gasteiger partial charge in [-0.25, -0.2) is 0 Å². The lowest BCUT2D eigenvalue weighted by atomic mass is 10.8. The van der Waals surface area contributed by atoms with Crippen LogP contribution in [0.3, 0.4) is 0 Å². The third-order valence-electron chi connectivity index (χ3n) is 0.887. The quantitative estimate of drug-likeness (QED) is 0.406. The number of carbonyl (C=O) groups excluding carboxylic acids is 1. The summed E-state index contributed by atoms with van der Waals surface area (Å²) in [5, 5.41) is 23.3. The van der Waals surface area contributed by atoms with E-state index in [0.717, 1.165) is 0 Å². The summed E-state index contributed by atoms with van der Waals surface area (Å²) >= 11 is 0. The number of allylic oxidation sites excluding steroid dienone is 2. The molecule has 0 aromatic rings. The van der Waals surface area contributed by atoms with Crippen molar-refractivity contribution in [1.82, 2.24) is 0 Å². The first-order chi connectivity index (χ1) is 10.4. The molecule has 0 heterocycles. The van der Waals surface area contributed by atoms with Crippen molar-refractivity contribution in [1.29, 1.82) is 0 Å². The lowest BCUT2D eigenvalue weighted by Gasteiger charge is -1.91. The topological polar surface area (TPSA) is 96.2 Å². The van der Waals surface area contributed by atoms with Crippen LogP contribution in [0.5, 0.6) is 0 Å². The fourth-order valence-corrected chi connectivity index (χ4v) is 0.412. The molecule has 6 heteroatoms. The lowest BCUT2D eigenvalue weighted by molar-refractivity contribution is -0.140. The third-order valence-corrected chi connectivity index (χ3v) is 0.887. The van der Waals surface area contributed by atoms with E-state index in [1.54, 1.807) is 19.1 Å². The zero-order valence-electron chi connectivity index (χ0n) is 14.9. The first-order valence-corrected chi connectivity index (χ1v) is 7.11. The van der Waals surface area contributed by atoms with E-state index >= 15 is 0 Å². The standard InChI is InChI=1S/C4H8O2.C4H10O2.2C3H6.C2H6O2/c1-3-6-4(2)5;1-2-6-4-3-5;2*1-3-2;3-1-2-4/h3H2,1-2H3;5H,2-4H2,1H3;2*3H,1H2,2H3;3-4H,1-2H2. The Labute approximate surface area is 136 Å². The molecule has 0 aromatic carbocycles. The molecule has 0 fully saturated rings. The number of esters is 1. The minimum atomic E-state index is -0.211. The molecule has 0 bridgehead atoms. The number of ether oxygens (including phenoxy) is 2. The minimum Gasteiger partial charge on any atom is -0.466 e. The summed E-state index contributed by atoms with van der Waals surface area (Å²) in [4.78, 5) is 9.82. The van der Waals surface area contributed by atoms with Crippen LogP contribution in [0.1, 0.15) is 34.6 Å². The summed E-state index contributed by atoms with van der Waals surface area (Å²) in [6.45, 7) is 17.1. The van der Waals surface area contributed by atoms with Crippen LogP contribution in [0.15, 0.2) is 25.3 Å². The molecule has 0 saturated carbocycles. The van der Waals surface area contributed by atoms with Crippen molar-refractivity contribution in [2.75, 3.05) is 39.6 Å². The van der Waals surface area contributed by atoms with Crippen molar-refractivity contribution < 1.29 is 29.6 Å². The molecule has 0 spiro atoms. The molecule has 0 unspecified atom stereocenters. The van der Waals surface area contributed by atoms with Crippen LogP contribution in [0.2, 0.25) is 0 Å². The van der Waals surface area contributed by atoms with Crippen LogP contribution >= 0.6 is 0 Å². The summed E-state index contributed by atoms with van der Waals surface area (Å²) in [5.74, 6) is -0.211. The predicted molar refractivity (Wildman–Crippen MR) is 91.8 cm³/mol. The van der Waals surface area contributed by atoms with Gasteiger partial charge < -0.3 is 24.8 Å². The smallest absolute Gasteiger partial charge is 0.302 e. The van der Waals surface area contributed by atoms with Gasteiger partial charge in [0.2, 0.25) is 0 Å². The zero-order chi connectivity index (χ0) is 18.6. The number of aliphatic hydroxyl groups is 3. The van der Waals surface area contributed by atoms with Gasteiger partial charge in [-0.15, -0.1) is 13.2 Å². The number of hydrogen-bond donors (Lipinski definition) is 3. The van der Waals surface area contributed by atoms with Gasteiger partial charge in [0.05, 0.1) is 33.0 Å². The van der Waals surface area contributed by atoms with Gasteiger partial charge in [0.25, 0.3) is 0 Å². The highest BCUT2D eigenvalue weighted by Crippen LogP contribution is 1.69. The lowest BCUT2D eigenvalue weighted by Crippen LogP contribution is -1.96. The molecule has 0 aromatic heterocycles. The molecule has 0 radical (unpaired) electrons. The van der Waals surface area contributed by atoms with E-state index in [2.05, 4.69) is 17.9 Å². The normalized spacial score (nSPS) is 7.09. The van der Waals surface area contributed by atoms with Gasteiger partial charge in [0.15, 0.2) is 0 Å². The number of aliphatic hydroxyl groups excluding tert-OH is 3. The Morgan fingerprint density at radius 3 is 1.36 bits per heavy atom. The Morgan fingerprint density at radius 1 is 0.955 bits per heavy atom. The Morgan fingerprint density at radius 2 is 1.32 bits per heavy atom. The molecule has 0 atom stereocenters. The Balaban J connectivity index is -0.0000000568. The molecule has 0 saturated heterocycles. The van der Waals surface area contributed by atoms with Crippen molar-refractivity contribution in [2.45, 2.75) is 34.6 Å². The second kappa shape index (κ2) is 50.3. The van der Waals surface area contributed by atoms with E-state index in [4.69, 9.17) is 20.1 Å². The first-order valence-electron chi connectivity index (χ1n) is 7.11. The third kappa shape index (κ3) is 177. The van der Waals surface area contributed by atoms with Gasteiger partial charge in [0.1, 0.15) is 0 Å². The Kier molecular flexibility index (Phi) is 74.6. The number of rotatable bonds is 5. The van der Waals surface area contributed by atoms with Crippen LogP contribution in [-0.4, -0.2) is 60.9 Å². The second-order valence-corrected chi connectivity index (χ2v) is 3.11. The largest absolute Gasteiger partial charge is 0.466 e. The van der Waals surface area contributed by atoms with Gasteiger partial charge in [-0.1, -0.05) is 12.2 Å². The van der Waals surface area contributed by atoms with Crippen LogP contribution in [-0.2, 0) is 14.3 Å². The zero-order valence-corrected chi connectivity index (χ0v) is 14.9. The van der Waals surface area contributed by atoms with Gasteiger partial charge in [-0.2, -0.15) is 0 Å². The highest BCUT2D eigenvalue weighted by molar-refractivity contribution is 5.65. The molecule has 6 nitrogen and oxygen atoms in total. The fourth-order valence-electron chi connectivity index (χ4n) is 0.412. The number of carbonyl (C=O) groups is 1. The molecule has 0 rings (SSSR count). The molecule has 3 N–H and O–H groups in total. The average Bonchev–Trinajstić information content (AvgIpc) is 2.47. The fraction of sp³-hybridized carbons (Fsp3) is 0.688. The average molecular weight is 324 g/mol. The Bertz CT molecular complexity index is 171. The van der Waals surface area contributed by atoms with Crippen LogP contribution < -0.4 is 0 Å². The molecule has 0 amide bonds. The van der Waals surface area contributed by atoms with E-state index in [1.165, 1.54) is 6.92 Å². The Hall–Kier alpha value is -1.21. The van der Waals surface area contributed by atoms with Gasteiger partial charge in [0, 0.05) is 13.5 Å². The summed E-state index contributed by atoms with van der Waals surface area (Å²) in [5.41, 5.74) is 0. The van der Waals surface area contributed by atoms with Gasteiger partial charge in [-0.3, -0.25) is 4.79 Å². The first kappa shape index (κ1) is 32.7. The van der Waals surface area contributed by atoms with Crippen molar-refractivity contribution in [2.24, 2.45) is 0 Å². The molecule has 136 valence electrons. The monoisotopic (exact) mass is 324 g/mol. The van der Waals surface area contributed by atoms with E-state index < -0.39 is 0 Å². The van der Waals surface area contributed by atoms with Crippen LogP contribution in [0.4, 0.5) is 0 Å².